The fraction of sp³-hybridized carbons (Fsp3) is 0.312. The first-order valence-corrected chi connectivity index (χ1v) is 9.81. The van der Waals surface area contributed by atoms with Crippen molar-refractivity contribution in [2.24, 2.45) is 0 Å². The molecule has 130 valence electrons. The first-order valence-electron chi connectivity index (χ1n) is 7.49. The molecule has 0 atom stereocenters. The van der Waals surface area contributed by atoms with E-state index in [1.54, 1.807) is 36.6 Å². The van der Waals surface area contributed by atoms with Crippen LogP contribution in [0.1, 0.15) is 23.5 Å². The minimum absolute atomic E-state index is 0.00911. The third kappa shape index (κ3) is 3.70. The number of carbonyl (C=O) groups excluding carboxylic acids is 1. The number of hydrogen-bond acceptors (Lipinski definition) is 5. The van der Waals surface area contributed by atoms with E-state index in [0.717, 1.165) is 15.6 Å². The van der Waals surface area contributed by atoms with Crippen molar-refractivity contribution in [2.45, 2.75) is 18.7 Å². The van der Waals surface area contributed by atoms with Crippen LogP contribution in [0, 0.1) is 0 Å². The summed E-state index contributed by atoms with van der Waals surface area (Å²) in [6.45, 7) is 4.64. The van der Waals surface area contributed by atoms with Gasteiger partial charge in [-0.15, -0.1) is 11.3 Å². The molecule has 0 saturated carbocycles. The van der Waals surface area contributed by atoms with Crippen molar-refractivity contribution in [3.05, 3.63) is 40.6 Å². The second-order valence-electron chi connectivity index (χ2n) is 4.87. The van der Waals surface area contributed by atoms with Crippen LogP contribution < -0.4 is 14.4 Å². The van der Waals surface area contributed by atoms with Gasteiger partial charge in [0.15, 0.2) is 0 Å². The van der Waals surface area contributed by atoms with Gasteiger partial charge in [0.1, 0.15) is 15.5 Å². The molecule has 0 unspecified atom stereocenters. The predicted molar refractivity (Wildman–Crippen MR) is 95.5 cm³/mol. The molecule has 0 aliphatic carbocycles. The van der Waals surface area contributed by atoms with Gasteiger partial charge in [-0.1, -0.05) is 0 Å². The first kappa shape index (κ1) is 18.3. The van der Waals surface area contributed by atoms with E-state index in [9.17, 15) is 13.2 Å². The second-order valence-corrected chi connectivity index (χ2v) is 7.73. The van der Waals surface area contributed by atoms with E-state index in [4.69, 9.17) is 4.74 Å². The van der Waals surface area contributed by atoms with E-state index in [2.05, 4.69) is 5.32 Å². The number of ether oxygens (including phenoxy) is 1. The van der Waals surface area contributed by atoms with Gasteiger partial charge < -0.3 is 10.1 Å². The largest absolute Gasteiger partial charge is 0.494 e. The molecule has 2 rings (SSSR count). The minimum Gasteiger partial charge on any atom is -0.494 e. The van der Waals surface area contributed by atoms with Crippen molar-refractivity contribution in [1.29, 1.82) is 0 Å². The monoisotopic (exact) mass is 368 g/mol. The van der Waals surface area contributed by atoms with Crippen molar-refractivity contribution in [3.63, 3.8) is 0 Å². The van der Waals surface area contributed by atoms with E-state index >= 15 is 0 Å². The molecule has 0 spiro atoms. The summed E-state index contributed by atoms with van der Waals surface area (Å²) in [6, 6.07) is 8.21. The zero-order valence-electron chi connectivity index (χ0n) is 13.8. The van der Waals surface area contributed by atoms with E-state index in [1.165, 1.54) is 13.1 Å². The molecular formula is C16H20N2O4S2. The Balaban J connectivity index is 2.33. The highest BCUT2D eigenvalue weighted by atomic mass is 32.2. The summed E-state index contributed by atoms with van der Waals surface area (Å²) in [7, 11) is -2.36. The molecule has 1 aromatic heterocycles. The first-order chi connectivity index (χ1) is 11.4. The van der Waals surface area contributed by atoms with Gasteiger partial charge in [0.25, 0.3) is 15.9 Å². The number of sulfonamides is 1. The van der Waals surface area contributed by atoms with Crippen LogP contribution in [0.2, 0.25) is 0 Å². The maximum atomic E-state index is 12.9. The second kappa shape index (κ2) is 7.67. The summed E-state index contributed by atoms with van der Waals surface area (Å²) < 4.78 is 32.2. The van der Waals surface area contributed by atoms with Crippen molar-refractivity contribution in [2.75, 3.05) is 24.5 Å². The zero-order chi connectivity index (χ0) is 17.7. The summed E-state index contributed by atoms with van der Waals surface area (Å²) in [5, 5.41) is 4.23. The van der Waals surface area contributed by atoms with Crippen LogP contribution in [0.15, 0.2) is 40.6 Å². The zero-order valence-corrected chi connectivity index (χ0v) is 15.4. The maximum Gasteiger partial charge on any atom is 0.265 e. The lowest BCUT2D eigenvalue weighted by atomic mass is 10.3. The third-order valence-corrected chi connectivity index (χ3v) is 6.19. The SMILES string of the molecule is CCNC(=O)c1sccc1S(=O)(=O)N(C)c1ccc(OCC)cc1. The van der Waals surface area contributed by atoms with Crippen LogP contribution in [0.25, 0.3) is 0 Å². The summed E-state index contributed by atoms with van der Waals surface area (Å²) >= 11 is 1.11. The minimum atomic E-state index is -3.83. The number of benzene rings is 1. The van der Waals surface area contributed by atoms with Crippen LogP contribution in [-0.4, -0.2) is 34.5 Å². The van der Waals surface area contributed by atoms with Crippen LogP contribution in [0.4, 0.5) is 5.69 Å². The average Bonchev–Trinajstić information content (AvgIpc) is 3.06. The van der Waals surface area contributed by atoms with E-state index in [0.29, 0.717) is 24.6 Å². The lowest BCUT2D eigenvalue weighted by molar-refractivity contribution is 0.0957. The topological polar surface area (TPSA) is 75.7 Å². The Labute approximate surface area is 146 Å². The highest BCUT2D eigenvalue weighted by Gasteiger charge is 2.28. The molecule has 0 radical (unpaired) electrons. The number of hydrogen-bond donors (Lipinski definition) is 1. The number of nitrogens with one attached hydrogen (secondary N) is 1. The number of carbonyl (C=O) groups is 1. The molecular weight excluding hydrogens is 348 g/mol. The Kier molecular flexibility index (Phi) is 5.84. The van der Waals surface area contributed by atoms with Gasteiger partial charge in [-0.25, -0.2) is 8.42 Å². The molecule has 0 bridgehead atoms. The standard InChI is InChI=1S/C16H20N2O4S2/c1-4-17-16(19)15-14(10-11-23-15)24(20,21)18(3)12-6-8-13(9-7-12)22-5-2/h6-11H,4-5H2,1-3H3,(H,17,19). The lowest BCUT2D eigenvalue weighted by Gasteiger charge is -2.20. The van der Waals surface area contributed by atoms with Gasteiger partial charge >= 0.3 is 0 Å². The number of rotatable bonds is 7. The quantitative estimate of drug-likeness (QED) is 0.815. The normalized spacial score (nSPS) is 11.1. The van der Waals surface area contributed by atoms with Crippen molar-refractivity contribution < 1.29 is 17.9 Å². The summed E-state index contributed by atoms with van der Waals surface area (Å²) in [6.07, 6.45) is 0. The number of nitrogens with zero attached hydrogens (tertiary/aromatic N) is 1. The lowest BCUT2D eigenvalue weighted by Crippen LogP contribution is -2.29. The number of amides is 1. The molecule has 0 saturated heterocycles. The third-order valence-electron chi connectivity index (χ3n) is 3.32. The molecule has 2 aromatic rings. The fourth-order valence-corrected chi connectivity index (χ4v) is 4.62. The molecule has 0 aliphatic heterocycles. The number of thiophene rings is 1. The van der Waals surface area contributed by atoms with Crippen LogP contribution in [-0.2, 0) is 10.0 Å². The number of anilines is 1. The van der Waals surface area contributed by atoms with E-state index in [-0.39, 0.29) is 15.7 Å². The fourth-order valence-electron chi connectivity index (χ4n) is 2.11. The van der Waals surface area contributed by atoms with Crippen molar-refractivity contribution >= 4 is 33.0 Å². The molecule has 6 nitrogen and oxygen atoms in total. The molecule has 1 amide bonds. The van der Waals surface area contributed by atoms with Gasteiger partial charge in [-0.05, 0) is 49.6 Å². The van der Waals surface area contributed by atoms with Crippen LogP contribution in [0.5, 0.6) is 5.75 Å². The van der Waals surface area contributed by atoms with Crippen LogP contribution >= 0.6 is 11.3 Å². The summed E-state index contributed by atoms with van der Waals surface area (Å²) in [4.78, 5) is 12.2. The molecule has 24 heavy (non-hydrogen) atoms. The summed E-state index contributed by atoms with van der Waals surface area (Å²) in [5.74, 6) is 0.289. The molecule has 0 fully saturated rings. The Morgan fingerprint density at radius 2 is 1.88 bits per heavy atom. The average molecular weight is 368 g/mol. The molecule has 8 heteroatoms. The highest BCUT2D eigenvalue weighted by molar-refractivity contribution is 7.93. The van der Waals surface area contributed by atoms with Crippen LogP contribution in [0.3, 0.4) is 0 Å². The van der Waals surface area contributed by atoms with Gasteiger partial charge in [0.2, 0.25) is 0 Å². The predicted octanol–water partition coefficient (Wildman–Crippen LogP) is 2.72. The van der Waals surface area contributed by atoms with Gasteiger partial charge in [-0.2, -0.15) is 0 Å². The highest BCUT2D eigenvalue weighted by Crippen LogP contribution is 2.28. The maximum absolute atomic E-state index is 12.9. The van der Waals surface area contributed by atoms with E-state index in [1.807, 2.05) is 6.92 Å². The molecule has 1 N–H and O–H groups in total. The van der Waals surface area contributed by atoms with Gasteiger partial charge in [0.05, 0.1) is 12.3 Å². The Hall–Kier alpha value is -2.06. The Morgan fingerprint density at radius 3 is 2.46 bits per heavy atom. The molecule has 1 aromatic carbocycles. The van der Waals surface area contributed by atoms with E-state index < -0.39 is 10.0 Å². The molecule has 1 heterocycles. The van der Waals surface area contributed by atoms with Gasteiger partial charge in [0, 0.05) is 13.6 Å². The Bertz CT molecular complexity index is 798. The van der Waals surface area contributed by atoms with Gasteiger partial charge in [-0.3, -0.25) is 9.10 Å². The van der Waals surface area contributed by atoms with Crippen molar-refractivity contribution in [3.8, 4) is 5.75 Å². The van der Waals surface area contributed by atoms with Crippen molar-refractivity contribution in [1.82, 2.24) is 5.32 Å². The molecule has 0 aliphatic rings. The summed E-state index contributed by atoms with van der Waals surface area (Å²) in [5.41, 5.74) is 0.492. The Morgan fingerprint density at radius 1 is 1.21 bits per heavy atom. The smallest absolute Gasteiger partial charge is 0.265 e.